The second-order valence-corrected chi connectivity index (χ2v) is 7.17. The molecule has 2 aromatic heterocycles. The predicted molar refractivity (Wildman–Crippen MR) is 113 cm³/mol. The highest BCUT2D eigenvalue weighted by Gasteiger charge is 2.13. The zero-order valence-electron chi connectivity index (χ0n) is 16.0. The number of rotatable bonds is 6. The molecule has 0 N–H and O–H groups in total. The quantitative estimate of drug-likeness (QED) is 0.461. The van der Waals surface area contributed by atoms with Gasteiger partial charge in [0.1, 0.15) is 18.0 Å². The number of imidazole rings is 1. The number of ether oxygens (including phenoxy) is 1. The number of aromatic nitrogens is 2. The molecule has 0 saturated heterocycles. The molecule has 0 bridgehead atoms. The van der Waals surface area contributed by atoms with Crippen LogP contribution in [0.25, 0.3) is 5.65 Å². The standard InChI is InChI=1S/C23H20ClN3O2/c1-26(14-18-6-2-3-7-21(18)24)23(28)17-9-11-20(12-10-17)29-16-19-15-27-13-5-4-8-22(27)25-19/h2-13,15H,14,16H2,1H3. The Morgan fingerprint density at radius 3 is 2.59 bits per heavy atom. The van der Waals surface area contributed by atoms with Crippen LogP contribution in [0.4, 0.5) is 0 Å². The van der Waals surface area contributed by atoms with Gasteiger partial charge < -0.3 is 14.0 Å². The van der Waals surface area contributed by atoms with Crippen molar-refractivity contribution in [3.8, 4) is 5.75 Å². The molecule has 1 amide bonds. The Morgan fingerprint density at radius 2 is 1.83 bits per heavy atom. The normalized spacial score (nSPS) is 10.8. The lowest BCUT2D eigenvalue weighted by atomic mass is 10.1. The van der Waals surface area contributed by atoms with Gasteiger partial charge in [0.05, 0.1) is 5.69 Å². The van der Waals surface area contributed by atoms with Crippen LogP contribution in [-0.4, -0.2) is 27.2 Å². The first kappa shape index (κ1) is 19.0. The molecule has 0 aliphatic heterocycles. The van der Waals surface area contributed by atoms with Crippen molar-refractivity contribution < 1.29 is 9.53 Å². The molecule has 6 heteroatoms. The van der Waals surface area contributed by atoms with Crippen molar-refractivity contribution in [3.05, 3.63) is 101 Å². The van der Waals surface area contributed by atoms with Crippen molar-refractivity contribution in [1.29, 1.82) is 0 Å². The van der Waals surface area contributed by atoms with E-state index in [9.17, 15) is 4.79 Å². The van der Waals surface area contributed by atoms with Gasteiger partial charge in [-0.3, -0.25) is 4.79 Å². The predicted octanol–water partition coefficient (Wildman–Crippen LogP) is 4.84. The molecule has 4 rings (SSSR count). The molecule has 0 atom stereocenters. The largest absolute Gasteiger partial charge is 0.487 e. The molecule has 0 saturated carbocycles. The van der Waals surface area contributed by atoms with Crippen molar-refractivity contribution in [2.45, 2.75) is 13.2 Å². The van der Waals surface area contributed by atoms with Crippen LogP contribution in [0.1, 0.15) is 21.6 Å². The van der Waals surface area contributed by atoms with E-state index in [0.29, 0.717) is 29.5 Å². The fourth-order valence-electron chi connectivity index (χ4n) is 3.08. The van der Waals surface area contributed by atoms with E-state index in [0.717, 1.165) is 16.9 Å². The fourth-order valence-corrected chi connectivity index (χ4v) is 3.28. The molecule has 0 spiro atoms. The number of nitrogens with zero attached hydrogens (tertiary/aromatic N) is 3. The average Bonchev–Trinajstić information content (AvgIpc) is 3.17. The first-order chi connectivity index (χ1) is 14.1. The minimum Gasteiger partial charge on any atom is -0.487 e. The second kappa shape index (κ2) is 8.37. The van der Waals surface area contributed by atoms with Crippen molar-refractivity contribution in [2.24, 2.45) is 0 Å². The molecule has 29 heavy (non-hydrogen) atoms. The number of hydrogen-bond donors (Lipinski definition) is 0. The molecular weight excluding hydrogens is 386 g/mol. The van der Waals surface area contributed by atoms with Gasteiger partial charge in [-0.25, -0.2) is 4.98 Å². The Labute approximate surface area is 174 Å². The van der Waals surface area contributed by atoms with Crippen molar-refractivity contribution in [2.75, 3.05) is 7.05 Å². The number of fused-ring (bicyclic) bond motifs is 1. The summed E-state index contributed by atoms with van der Waals surface area (Å²) in [5, 5.41) is 0.655. The molecule has 0 unspecified atom stereocenters. The van der Waals surface area contributed by atoms with Crippen LogP contribution in [0.15, 0.2) is 79.1 Å². The van der Waals surface area contributed by atoms with Crippen molar-refractivity contribution in [3.63, 3.8) is 0 Å². The third-order valence-electron chi connectivity index (χ3n) is 4.61. The number of pyridine rings is 1. The van der Waals surface area contributed by atoms with Gasteiger partial charge in [-0.05, 0) is 48.0 Å². The maximum absolute atomic E-state index is 12.7. The van der Waals surface area contributed by atoms with Gasteiger partial charge in [0, 0.05) is 36.6 Å². The molecular formula is C23H20ClN3O2. The van der Waals surface area contributed by atoms with E-state index in [1.807, 2.05) is 59.3 Å². The van der Waals surface area contributed by atoms with Crippen LogP contribution in [0.5, 0.6) is 5.75 Å². The molecule has 2 heterocycles. The van der Waals surface area contributed by atoms with Crippen LogP contribution < -0.4 is 4.74 Å². The molecule has 0 aliphatic rings. The summed E-state index contributed by atoms with van der Waals surface area (Å²) in [6.07, 6.45) is 3.89. The Kier molecular flexibility index (Phi) is 5.49. The Balaban J connectivity index is 1.37. The SMILES string of the molecule is CN(Cc1ccccc1Cl)C(=O)c1ccc(OCc2cn3ccccc3n2)cc1. The van der Waals surface area contributed by atoms with Gasteiger partial charge in [-0.2, -0.15) is 0 Å². The summed E-state index contributed by atoms with van der Waals surface area (Å²) in [5.74, 6) is 0.615. The molecule has 5 nitrogen and oxygen atoms in total. The van der Waals surface area contributed by atoms with Crippen LogP contribution in [0.3, 0.4) is 0 Å². The number of amides is 1. The molecule has 0 radical (unpaired) electrons. The fraction of sp³-hybridized carbons (Fsp3) is 0.130. The third-order valence-corrected chi connectivity index (χ3v) is 4.98. The van der Waals surface area contributed by atoms with Gasteiger partial charge >= 0.3 is 0 Å². The number of carbonyl (C=O) groups excluding carboxylic acids is 1. The minimum absolute atomic E-state index is 0.0724. The lowest BCUT2D eigenvalue weighted by molar-refractivity contribution is 0.0785. The lowest BCUT2D eigenvalue weighted by Crippen LogP contribution is -2.26. The highest BCUT2D eigenvalue weighted by molar-refractivity contribution is 6.31. The van der Waals surface area contributed by atoms with Gasteiger partial charge in [0.2, 0.25) is 0 Å². The van der Waals surface area contributed by atoms with Gasteiger partial charge in [0.15, 0.2) is 0 Å². The van der Waals surface area contributed by atoms with Crippen LogP contribution >= 0.6 is 11.6 Å². The molecule has 2 aromatic carbocycles. The van der Waals surface area contributed by atoms with Crippen molar-refractivity contribution >= 4 is 23.2 Å². The smallest absolute Gasteiger partial charge is 0.253 e. The maximum Gasteiger partial charge on any atom is 0.253 e. The monoisotopic (exact) mass is 405 g/mol. The number of benzene rings is 2. The minimum atomic E-state index is -0.0724. The molecule has 0 aliphatic carbocycles. The highest BCUT2D eigenvalue weighted by atomic mass is 35.5. The third kappa shape index (κ3) is 4.41. The summed E-state index contributed by atoms with van der Waals surface area (Å²) in [6, 6.07) is 20.5. The van der Waals surface area contributed by atoms with Crippen molar-refractivity contribution in [1.82, 2.24) is 14.3 Å². The Morgan fingerprint density at radius 1 is 1.07 bits per heavy atom. The first-order valence-electron chi connectivity index (χ1n) is 9.24. The zero-order valence-corrected chi connectivity index (χ0v) is 16.7. The molecule has 0 fully saturated rings. The van der Waals surface area contributed by atoms with Crippen LogP contribution in [0, 0.1) is 0 Å². The van der Waals surface area contributed by atoms with E-state index in [1.54, 1.807) is 36.2 Å². The van der Waals surface area contributed by atoms with E-state index in [2.05, 4.69) is 4.98 Å². The number of hydrogen-bond acceptors (Lipinski definition) is 3. The Bertz CT molecular complexity index is 1110. The lowest BCUT2D eigenvalue weighted by Gasteiger charge is -2.18. The topological polar surface area (TPSA) is 46.8 Å². The highest BCUT2D eigenvalue weighted by Crippen LogP contribution is 2.19. The van der Waals surface area contributed by atoms with Gasteiger partial charge in [-0.1, -0.05) is 35.9 Å². The molecule has 4 aromatic rings. The maximum atomic E-state index is 12.7. The van der Waals surface area contributed by atoms with E-state index in [4.69, 9.17) is 16.3 Å². The number of carbonyl (C=O) groups is 1. The van der Waals surface area contributed by atoms with E-state index < -0.39 is 0 Å². The van der Waals surface area contributed by atoms with E-state index in [1.165, 1.54) is 0 Å². The summed E-state index contributed by atoms with van der Waals surface area (Å²) in [6.45, 7) is 0.812. The second-order valence-electron chi connectivity index (χ2n) is 6.76. The van der Waals surface area contributed by atoms with Gasteiger partial charge in [0.25, 0.3) is 5.91 Å². The Hall–Kier alpha value is -3.31. The summed E-state index contributed by atoms with van der Waals surface area (Å²) >= 11 is 6.19. The first-order valence-corrected chi connectivity index (χ1v) is 9.62. The summed E-state index contributed by atoms with van der Waals surface area (Å²) in [4.78, 5) is 18.8. The van der Waals surface area contributed by atoms with Gasteiger partial charge in [-0.15, -0.1) is 0 Å². The van der Waals surface area contributed by atoms with Crippen LogP contribution in [-0.2, 0) is 13.2 Å². The molecule has 146 valence electrons. The summed E-state index contributed by atoms with van der Waals surface area (Å²) in [5.41, 5.74) is 3.24. The van der Waals surface area contributed by atoms with E-state index >= 15 is 0 Å². The summed E-state index contributed by atoms with van der Waals surface area (Å²) in [7, 11) is 1.76. The van der Waals surface area contributed by atoms with Crippen LogP contribution in [0.2, 0.25) is 5.02 Å². The summed E-state index contributed by atoms with van der Waals surface area (Å²) < 4.78 is 7.76. The number of halogens is 1. The van der Waals surface area contributed by atoms with E-state index in [-0.39, 0.29) is 5.91 Å². The zero-order chi connectivity index (χ0) is 20.2. The average molecular weight is 406 g/mol.